The molecule has 2 N–H and O–H groups in total. The number of rotatable bonds is 4. The van der Waals surface area contributed by atoms with E-state index in [1.54, 1.807) is 11.3 Å². The van der Waals surface area contributed by atoms with Gasteiger partial charge in [0.1, 0.15) is 0 Å². The van der Waals surface area contributed by atoms with E-state index in [1.165, 1.54) is 5.56 Å². The Bertz CT molecular complexity index is 430. The summed E-state index contributed by atoms with van der Waals surface area (Å²) < 4.78 is 2.15. The van der Waals surface area contributed by atoms with E-state index in [4.69, 9.17) is 5.73 Å². The minimum absolute atomic E-state index is 0.708. The van der Waals surface area contributed by atoms with Crippen LogP contribution in [0.5, 0.6) is 0 Å². The lowest BCUT2D eigenvalue weighted by molar-refractivity contribution is 0.779. The highest BCUT2D eigenvalue weighted by molar-refractivity contribution is 7.09. The van der Waals surface area contributed by atoms with Gasteiger partial charge in [0.05, 0.1) is 17.2 Å². The fourth-order valence-electron chi connectivity index (χ4n) is 1.57. The van der Waals surface area contributed by atoms with Crippen molar-refractivity contribution in [3.05, 3.63) is 40.1 Å². The maximum atomic E-state index is 5.51. The number of hydrogen-bond acceptors (Lipinski definition) is 3. The maximum absolute atomic E-state index is 5.51. The molecule has 0 atom stereocenters. The zero-order valence-electron chi connectivity index (χ0n) is 8.81. The first-order valence-electron chi connectivity index (χ1n) is 5.03. The Labute approximate surface area is 93.6 Å². The van der Waals surface area contributed by atoms with Crippen molar-refractivity contribution in [2.45, 2.75) is 19.9 Å². The quantitative estimate of drug-likeness (QED) is 0.855. The molecule has 0 fully saturated rings. The van der Waals surface area contributed by atoms with E-state index >= 15 is 0 Å². The molecule has 80 valence electrons. The molecular formula is C11H15N3S. The first kappa shape index (κ1) is 10.4. The Morgan fingerprint density at radius 3 is 3.07 bits per heavy atom. The van der Waals surface area contributed by atoms with Crippen LogP contribution in [0.3, 0.4) is 0 Å². The van der Waals surface area contributed by atoms with Crippen molar-refractivity contribution in [2.75, 3.05) is 6.54 Å². The number of aromatic nitrogens is 2. The summed E-state index contributed by atoms with van der Waals surface area (Å²) in [6.07, 6.45) is 5.17. The van der Waals surface area contributed by atoms with Crippen molar-refractivity contribution < 1.29 is 0 Å². The molecule has 0 radical (unpaired) electrons. The fourth-order valence-corrected chi connectivity index (χ4v) is 2.18. The summed E-state index contributed by atoms with van der Waals surface area (Å²) >= 11 is 1.70. The third kappa shape index (κ3) is 2.67. The van der Waals surface area contributed by atoms with Crippen LogP contribution in [0.2, 0.25) is 0 Å². The molecule has 0 spiro atoms. The summed E-state index contributed by atoms with van der Waals surface area (Å²) in [5.41, 5.74) is 7.93. The second kappa shape index (κ2) is 4.59. The lowest BCUT2D eigenvalue weighted by atomic mass is 10.2. The van der Waals surface area contributed by atoms with Crippen molar-refractivity contribution in [1.82, 2.24) is 9.55 Å². The SMILES string of the molecule is Cc1nc(Cn2ccc(CCN)c2)cs1. The van der Waals surface area contributed by atoms with Crippen molar-refractivity contribution in [3.8, 4) is 0 Å². The van der Waals surface area contributed by atoms with E-state index in [0.717, 1.165) is 23.7 Å². The third-order valence-corrected chi connectivity index (χ3v) is 3.08. The van der Waals surface area contributed by atoms with Crippen LogP contribution >= 0.6 is 11.3 Å². The average Bonchev–Trinajstić information content (AvgIpc) is 2.78. The zero-order chi connectivity index (χ0) is 10.7. The number of aryl methyl sites for hydroxylation is 1. The monoisotopic (exact) mass is 221 g/mol. The van der Waals surface area contributed by atoms with Crippen LogP contribution in [0.1, 0.15) is 16.3 Å². The van der Waals surface area contributed by atoms with E-state index in [2.05, 4.69) is 33.4 Å². The van der Waals surface area contributed by atoms with Crippen LogP contribution in [-0.2, 0) is 13.0 Å². The van der Waals surface area contributed by atoms with E-state index in [9.17, 15) is 0 Å². The minimum Gasteiger partial charge on any atom is -0.348 e. The molecule has 2 aromatic rings. The molecule has 0 amide bonds. The molecule has 2 rings (SSSR count). The van der Waals surface area contributed by atoms with Gasteiger partial charge in [0, 0.05) is 17.8 Å². The highest BCUT2D eigenvalue weighted by Gasteiger charge is 2.00. The Balaban J connectivity index is 2.04. The van der Waals surface area contributed by atoms with Crippen LogP contribution in [0.4, 0.5) is 0 Å². The van der Waals surface area contributed by atoms with Gasteiger partial charge in [-0.25, -0.2) is 4.98 Å². The van der Waals surface area contributed by atoms with Gasteiger partial charge >= 0.3 is 0 Å². The number of nitrogens with zero attached hydrogens (tertiary/aromatic N) is 2. The fraction of sp³-hybridized carbons (Fsp3) is 0.364. The smallest absolute Gasteiger partial charge is 0.0898 e. The largest absolute Gasteiger partial charge is 0.348 e. The van der Waals surface area contributed by atoms with Gasteiger partial charge in [0.15, 0.2) is 0 Å². The van der Waals surface area contributed by atoms with Crippen molar-refractivity contribution in [2.24, 2.45) is 5.73 Å². The molecule has 0 saturated carbocycles. The molecular weight excluding hydrogens is 206 g/mol. The van der Waals surface area contributed by atoms with Crippen LogP contribution in [0, 0.1) is 6.92 Å². The molecule has 15 heavy (non-hydrogen) atoms. The topological polar surface area (TPSA) is 43.8 Å². The van der Waals surface area contributed by atoms with Gasteiger partial charge in [-0.2, -0.15) is 0 Å². The van der Waals surface area contributed by atoms with E-state index in [-0.39, 0.29) is 0 Å². The molecule has 0 aliphatic carbocycles. The van der Waals surface area contributed by atoms with Gasteiger partial charge in [-0.15, -0.1) is 11.3 Å². The first-order valence-corrected chi connectivity index (χ1v) is 5.91. The Hall–Kier alpha value is -1.13. The maximum Gasteiger partial charge on any atom is 0.0898 e. The summed E-state index contributed by atoms with van der Waals surface area (Å²) in [4.78, 5) is 4.43. The molecule has 0 aliphatic rings. The average molecular weight is 221 g/mol. The van der Waals surface area contributed by atoms with Gasteiger partial charge in [0.2, 0.25) is 0 Å². The predicted octanol–water partition coefficient (Wildman–Crippen LogP) is 1.80. The van der Waals surface area contributed by atoms with Crippen molar-refractivity contribution in [3.63, 3.8) is 0 Å². The zero-order valence-corrected chi connectivity index (χ0v) is 9.63. The normalized spacial score (nSPS) is 10.8. The molecule has 4 heteroatoms. The van der Waals surface area contributed by atoms with Crippen LogP contribution in [0.25, 0.3) is 0 Å². The summed E-state index contributed by atoms with van der Waals surface area (Å²) in [6, 6.07) is 2.12. The van der Waals surface area contributed by atoms with Crippen molar-refractivity contribution >= 4 is 11.3 Å². The van der Waals surface area contributed by atoms with E-state index < -0.39 is 0 Å². The standard InChI is InChI=1S/C11H15N3S/c1-9-13-11(8-15-9)7-14-5-3-10(6-14)2-4-12/h3,5-6,8H,2,4,7,12H2,1H3. The predicted molar refractivity (Wildman–Crippen MR) is 63.1 cm³/mol. The van der Waals surface area contributed by atoms with Gasteiger partial charge < -0.3 is 10.3 Å². The molecule has 0 unspecified atom stereocenters. The summed E-state index contributed by atoms with van der Waals surface area (Å²) in [7, 11) is 0. The van der Waals surface area contributed by atoms with Crippen LogP contribution in [0.15, 0.2) is 23.8 Å². The summed E-state index contributed by atoms with van der Waals surface area (Å²) in [6.45, 7) is 3.60. The summed E-state index contributed by atoms with van der Waals surface area (Å²) in [5.74, 6) is 0. The van der Waals surface area contributed by atoms with E-state index in [0.29, 0.717) is 6.54 Å². The van der Waals surface area contributed by atoms with Gasteiger partial charge in [-0.05, 0) is 31.5 Å². The first-order chi connectivity index (χ1) is 7.28. The Morgan fingerprint density at radius 1 is 1.53 bits per heavy atom. The number of hydrogen-bond donors (Lipinski definition) is 1. The third-order valence-electron chi connectivity index (χ3n) is 2.26. The lowest BCUT2D eigenvalue weighted by Crippen LogP contribution is -2.02. The van der Waals surface area contributed by atoms with E-state index in [1.807, 2.05) is 6.92 Å². The number of thiazole rings is 1. The second-order valence-corrected chi connectivity index (χ2v) is 4.65. The molecule has 0 aliphatic heterocycles. The highest BCUT2D eigenvalue weighted by atomic mass is 32.1. The van der Waals surface area contributed by atoms with Gasteiger partial charge in [-0.3, -0.25) is 0 Å². The highest BCUT2D eigenvalue weighted by Crippen LogP contribution is 2.10. The Kier molecular flexibility index (Phi) is 3.18. The molecule has 2 aromatic heterocycles. The molecule has 2 heterocycles. The molecule has 0 saturated heterocycles. The van der Waals surface area contributed by atoms with Crippen LogP contribution < -0.4 is 5.73 Å². The second-order valence-electron chi connectivity index (χ2n) is 3.59. The minimum atomic E-state index is 0.708. The van der Waals surface area contributed by atoms with Crippen molar-refractivity contribution in [1.29, 1.82) is 0 Å². The Morgan fingerprint density at radius 2 is 2.40 bits per heavy atom. The number of nitrogens with two attached hydrogens (primary N) is 1. The van der Waals surface area contributed by atoms with Crippen LogP contribution in [-0.4, -0.2) is 16.1 Å². The summed E-state index contributed by atoms with van der Waals surface area (Å²) in [5, 5.41) is 3.23. The molecule has 0 aromatic carbocycles. The van der Waals surface area contributed by atoms with Gasteiger partial charge in [0.25, 0.3) is 0 Å². The molecule has 3 nitrogen and oxygen atoms in total. The molecule has 0 bridgehead atoms. The lowest BCUT2D eigenvalue weighted by Gasteiger charge is -1.98. The van der Waals surface area contributed by atoms with Gasteiger partial charge in [-0.1, -0.05) is 0 Å².